The van der Waals surface area contributed by atoms with Crippen LogP contribution in [0.25, 0.3) is 0 Å². The van der Waals surface area contributed by atoms with E-state index >= 15 is 0 Å². The van der Waals surface area contributed by atoms with Gasteiger partial charge in [0.05, 0.1) is 23.5 Å². The number of hydrogen-bond acceptors (Lipinski definition) is 3. The standard InChI is InChI=1S/C11H14F3N3O/c1-3-8(18)10-6(2)16-17-5-9(11(12,13)14)15-4-7(10)17/h9,15H,3-5H2,1-2H3. The highest BCUT2D eigenvalue weighted by Gasteiger charge is 2.42. The van der Waals surface area contributed by atoms with Gasteiger partial charge in [0, 0.05) is 13.0 Å². The summed E-state index contributed by atoms with van der Waals surface area (Å²) in [4.78, 5) is 11.7. The van der Waals surface area contributed by atoms with Gasteiger partial charge in [-0.25, -0.2) is 0 Å². The minimum Gasteiger partial charge on any atom is -0.299 e. The van der Waals surface area contributed by atoms with Gasteiger partial charge in [-0.05, 0) is 6.92 Å². The van der Waals surface area contributed by atoms with Crippen LogP contribution in [0.15, 0.2) is 0 Å². The van der Waals surface area contributed by atoms with E-state index in [-0.39, 0.29) is 18.9 Å². The molecule has 1 atom stereocenters. The number of alkyl halides is 3. The molecule has 0 bridgehead atoms. The fourth-order valence-corrected chi connectivity index (χ4v) is 2.18. The van der Waals surface area contributed by atoms with Gasteiger partial charge in [-0.3, -0.25) is 14.8 Å². The SMILES string of the molecule is CCC(=O)c1c(C)nn2c1CNC(C(F)(F)F)C2. The van der Waals surface area contributed by atoms with E-state index in [2.05, 4.69) is 10.4 Å². The Balaban J connectivity index is 2.34. The van der Waals surface area contributed by atoms with Crippen molar-refractivity contribution in [2.75, 3.05) is 0 Å². The van der Waals surface area contributed by atoms with E-state index in [1.807, 2.05) is 0 Å². The lowest BCUT2D eigenvalue weighted by Crippen LogP contribution is -2.48. The fourth-order valence-electron chi connectivity index (χ4n) is 2.18. The fraction of sp³-hybridized carbons (Fsp3) is 0.636. The Hall–Kier alpha value is -1.37. The number of carbonyl (C=O) groups excluding carboxylic acids is 1. The molecule has 0 saturated carbocycles. The van der Waals surface area contributed by atoms with Crippen LogP contribution in [-0.2, 0) is 13.1 Å². The molecule has 18 heavy (non-hydrogen) atoms. The van der Waals surface area contributed by atoms with E-state index in [1.54, 1.807) is 13.8 Å². The molecule has 4 nitrogen and oxygen atoms in total. The predicted octanol–water partition coefficient (Wildman–Crippen LogP) is 1.82. The van der Waals surface area contributed by atoms with Crippen molar-refractivity contribution in [1.29, 1.82) is 0 Å². The monoisotopic (exact) mass is 261 g/mol. The summed E-state index contributed by atoms with van der Waals surface area (Å²) in [5, 5.41) is 6.45. The Bertz CT molecular complexity index is 479. The van der Waals surface area contributed by atoms with E-state index in [1.165, 1.54) is 4.68 Å². The maximum absolute atomic E-state index is 12.6. The van der Waals surface area contributed by atoms with Gasteiger partial charge < -0.3 is 0 Å². The number of fused-ring (bicyclic) bond motifs is 1. The smallest absolute Gasteiger partial charge is 0.299 e. The summed E-state index contributed by atoms with van der Waals surface area (Å²) in [5.41, 5.74) is 1.52. The Morgan fingerprint density at radius 1 is 1.56 bits per heavy atom. The second-order valence-electron chi connectivity index (χ2n) is 4.34. The Morgan fingerprint density at radius 2 is 2.22 bits per heavy atom. The molecule has 0 radical (unpaired) electrons. The third-order valence-corrected chi connectivity index (χ3v) is 3.10. The van der Waals surface area contributed by atoms with E-state index in [0.717, 1.165) is 0 Å². The molecule has 1 aromatic rings. The number of halogens is 3. The molecule has 1 unspecified atom stereocenters. The molecule has 7 heteroatoms. The van der Waals surface area contributed by atoms with Crippen molar-refractivity contribution in [2.45, 2.75) is 45.6 Å². The molecule has 1 aliphatic heterocycles. The van der Waals surface area contributed by atoms with Crippen LogP contribution >= 0.6 is 0 Å². The molecule has 1 aromatic heterocycles. The quantitative estimate of drug-likeness (QED) is 0.826. The minimum absolute atomic E-state index is 0.0199. The minimum atomic E-state index is -4.30. The Kier molecular flexibility index (Phi) is 3.18. The summed E-state index contributed by atoms with van der Waals surface area (Å²) in [6, 6.07) is -1.60. The van der Waals surface area contributed by atoms with Gasteiger partial charge in [0.2, 0.25) is 0 Å². The van der Waals surface area contributed by atoms with Gasteiger partial charge in [0.1, 0.15) is 6.04 Å². The number of Topliss-reactive ketones (excluding diaryl/α,β-unsaturated/α-hetero) is 1. The van der Waals surface area contributed by atoms with Crippen LogP contribution in [0, 0.1) is 6.92 Å². The highest BCUT2D eigenvalue weighted by atomic mass is 19.4. The van der Waals surface area contributed by atoms with Crippen molar-refractivity contribution in [1.82, 2.24) is 15.1 Å². The van der Waals surface area contributed by atoms with Crippen LogP contribution in [-0.4, -0.2) is 27.8 Å². The van der Waals surface area contributed by atoms with Gasteiger partial charge in [0.15, 0.2) is 5.78 Å². The van der Waals surface area contributed by atoms with Crippen LogP contribution in [0.5, 0.6) is 0 Å². The first kappa shape index (κ1) is 13.1. The molecule has 2 heterocycles. The van der Waals surface area contributed by atoms with Crippen molar-refractivity contribution in [2.24, 2.45) is 0 Å². The number of hydrogen-bond donors (Lipinski definition) is 1. The molecule has 1 N–H and O–H groups in total. The van der Waals surface area contributed by atoms with E-state index in [9.17, 15) is 18.0 Å². The van der Waals surface area contributed by atoms with Gasteiger partial charge in [-0.15, -0.1) is 0 Å². The van der Waals surface area contributed by atoms with Crippen LogP contribution < -0.4 is 5.32 Å². The number of rotatable bonds is 2. The van der Waals surface area contributed by atoms with Gasteiger partial charge in [-0.2, -0.15) is 18.3 Å². The molecule has 100 valence electrons. The van der Waals surface area contributed by atoms with Crippen molar-refractivity contribution in [3.8, 4) is 0 Å². The summed E-state index contributed by atoms with van der Waals surface area (Å²) >= 11 is 0. The van der Waals surface area contributed by atoms with Crippen LogP contribution in [0.3, 0.4) is 0 Å². The van der Waals surface area contributed by atoms with Crippen LogP contribution in [0.1, 0.15) is 35.1 Å². The number of carbonyl (C=O) groups is 1. The van der Waals surface area contributed by atoms with Gasteiger partial charge in [0.25, 0.3) is 0 Å². The molecule has 0 spiro atoms. The topological polar surface area (TPSA) is 46.9 Å². The number of aromatic nitrogens is 2. The van der Waals surface area contributed by atoms with Crippen molar-refractivity contribution >= 4 is 5.78 Å². The molecule has 0 aliphatic carbocycles. The van der Waals surface area contributed by atoms with Crippen molar-refractivity contribution < 1.29 is 18.0 Å². The maximum Gasteiger partial charge on any atom is 0.405 e. The summed E-state index contributed by atoms with van der Waals surface area (Å²) in [6.07, 6.45) is -3.98. The second kappa shape index (κ2) is 4.38. The normalized spacial score (nSPS) is 19.7. The molecule has 0 fully saturated rings. The van der Waals surface area contributed by atoms with E-state index in [0.29, 0.717) is 23.4 Å². The molecule has 2 rings (SSSR count). The Morgan fingerprint density at radius 3 is 2.78 bits per heavy atom. The lowest BCUT2D eigenvalue weighted by atomic mass is 10.0. The summed E-state index contributed by atoms with van der Waals surface area (Å²) in [6.45, 7) is 3.11. The number of nitrogens with one attached hydrogen (secondary N) is 1. The molecule has 0 saturated heterocycles. The molecular formula is C11H14F3N3O. The largest absolute Gasteiger partial charge is 0.405 e. The Labute approximate surface area is 102 Å². The zero-order chi connectivity index (χ0) is 13.5. The second-order valence-corrected chi connectivity index (χ2v) is 4.34. The maximum atomic E-state index is 12.6. The highest BCUT2D eigenvalue weighted by Crippen LogP contribution is 2.27. The zero-order valence-corrected chi connectivity index (χ0v) is 10.1. The number of aryl methyl sites for hydroxylation is 1. The van der Waals surface area contributed by atoms with Gasteiger partial charge >= 0.3 is 6.18 Å². The van der Waals surface area contributed by atoms with Crippen molar-refractivity contribution in [3.63, 3.8) is 0 Å². The predicted molar refractivity (Wildman–Crippen MR) is 58.3 cm³/mol. The lowest BCUT2D eigenvalue weighted by Gasteiger charge is -2.27. The average molecular weight is 261 g/mol. The first-order valence-electron chi connectivity index (χ1n) is 5.74. The molecule has 1 aliphatic rings. The molecule has 0 amide bonds. The van der Waals surface area contributed by atoms with Crippen LogP contribution in [0.4, 0.5) is 13.2 Å². The first-order chi connectivity index (χ1) is 8.34. The average Bonchev–Trinajstić information content (AvgIpc) is 2.61. The van der Waals surface area contributed by atoms with E-state index < -0.39 is 12.2 Å². The summed E-state index contributed by atoms with van der Waals surface area (Å²) in [5.74, 6) is -0.0824. The number of ketones is 1. The van der Waals surface area contributed by atoms with Crippen LogP contribution in [0.2, 0.25) is 0 Å². The van der Waals surface area contributed by atoms with Gasteiger partial charge in [-0.1, -0.05) is 6.92 Å². The molecule has 0 aromatic carbocycles. The first-order valence-corrected chi connectivity index (χ1v) is 5.74. The third kappa shape index (κ3) is 2.14. The number of nitrogens with zero attached hydrogens (tertiary/aromatic N) is 2. The summed E-state index contributed by atoms with van der Waals surface area (Å²) in [7, 11) is 0. The summed E-state index contributed by atoms with van der Waals surface area (Å²) < 4.78 is 39.1. The van der Waals surface area contributed by atoms with Crippen molar-refractivity contribution in [3.05, 3.63) is 17.0 Å². The lowest BCUT2D eigenvalue weighted by molar-refractivity contribution is -0.162. The molecular weight excluding hydrogens is 247 g/mol. The zero-order valence-electron chi connectivity index (χ0n) is 10.1. The third-order valence-electron chi connectivity index (χ3n) is 3.10. The highest BCUT2D eigenvalue weighted by molar-refractivity contribution is 5.98. The van der Waals surface area contributed by atoms with E-state index in [4.69, 9.17) is 0 Å².